The van der Waals surface area contributed by atoms with Gasteiger partial charge in [-0.2, -0.15) is 0 Å². The van der Waals surface area contributed by atoms with Crippen molar-refractivity contribution in [2.45, 2.75) is 32.4 Å². The zero-order valence-corrected chi connectivity index (χ0v) is 12.2. The van der Waals surface area contributed by atoms with Crippen molar-refractivity contribution in [1.82, 2.24) is 4.90 Å². The van der Waals surface area contributed by atoms with Gasteiger partial charge in [-0.15, -0.1) is 0 Å². The van der Waals surface area contributed by atoms with Crippen LogP contribution in [-0.2, 0) is 4.74 Å². The van der Waals surface area contributed by atoms with Crippen LogP contribution >= 0.6 is 0 Å². The van der Waals surface area contributed by atoms with Crippen molar-refractivity contribution >= 4 is 0 Å². The Hall–Kier alpha value is -0.900. The fourth-order valence-electron chi connectivity index (χ4n) is 2.66. The van der Waals surface area contributed by atoms with Crippen molar-refractivity contribution in [2.75, 3.05) is 26.3 Å². The molecule has 1 aliphatic rings. The van der Waals surface area contributed by atoms with Crippen LogP contribution in [0.3, 0.4) is 0 Å². The molecule has 2 unspecified atom stereocenters. The molecule has 0 aliphatic carbocycles. The Morgan fingerprint density at radius 1 is 1.32 bits per heavy atom. The lowest BCUT2D eigenvalue weighted by atomic mass is 9.94. The van der Waals surface area contributed by atoms with E-state index in [0.29, 0.717) is 0 Å². The monoisotopic (exact) mass is 263 g/mol. The molecule has 19 heavy (non-hydrogen) atoms. The molecule has 1 aliphatic heterocycles. The molecule has 1 aromatic carbocycles. The van der Waals surface area contributed by atoms with Gasteiger partial charge in [-0.05, 0) is 25.3 Å². The summed E-state index contributed by atoms with van der Waals surface area (Å²) in [4.78, 5) is 2.42. The normalized spacial score (nSPS) is 22.9. The molecular weight excluding hydrogens is 238 g/mol. The highest BCUT2D eigenvalue weighted by Crippen LogP contribution is 2.26. The second kappa shape index (κ2) is 6.04. The van der Waals surface area contributed by atoms with E-state index in [9.17, 15) is 5.11 Å². The van der Waals surface area contributed by atoms with Gasteiger partial charge in [0.05, 0.1) is 19.3 Å². The van der Waals surface area contributed by atoms with Crippen molar-refractivity contribution in [3.8, 4) is 0 Å². The molecule has 1 heterocycles. The first kappa shape index (κ1) is 14.5. The molecule has 2 atom stereocenters. The Morgan fingerprint density at radius 2 is 2.00 bits per heavy atom. The summed E-state index contributed by atoms with van der Waals surface area (Å²) in [5.41, 5.74) is 1.06. The number of morpholine rings is 1. The van der Waals surface area contributed by atoms with E-state index in [1.807, 2.05) is 30.3 Å². The van der Waals surface area contributed by atoms with Gasteiger partial charge in [0.2, 0.25) is 0 Å². The predicted octanol–water partition coefficient (Wildman–Crippen LogP) is 2.47. The van der Waals surface area contributed by atoms with Gasteiger partial charge in [0.25, 0.3) is 0 Å². The van der Waals surface area contributed by atoms with E-state index in [2.05, 4.69) is 25.7 Å². The third-order valence-corrected chi connectivity index (χ3v) is 4.01. The van der Waals surface area contributed by atoms with Crippen molar-refractivity contribution in [2.24, 2.45) is 5.92 Å². The second-order valence-electron chi connectivity index (χ2n) is 6.14. The zero-order chi connectivity index (χ0) is 13.9. The van der Waals surface area contributed by atoms with Crippen LogP contribution < -0.4 is 0 Å². The van der Waals surface area contributed by atoms with E-state index in [1.165, 1.54) is 0 Å². The molecule has 3 nitrogen and oxygen atoms in total. The summed E-state index contributed by atoms with van der Waals surface area (Å²) >= 11 is 0. The average molecular weight is 263 g/mol. The summed E-state index contributed by atoms with van der Waals surface area (Å²) in [6, 6.07) is 9.91. The van der Waals surface area contributed by atoms with Crippen LogP contribution in [0.25, 0.3) is 0 Å². The predicted molar refractivity (Wildman–Crippen MR) is 77.0 cm³/mol. The maximum Gasteiger partial charge on any atom is 0.0827 e. The molecule has 0 bridgehead atoms. The lowest BCUT2D eigenvalue weighted by Crippen LogP contribution is -2.54. The van der Waals surface area contributed by atoms with E-state index < -0.39 is 6.10 Å². The van der Waals surface area contributed by atoms with E-state index in [0.717, 1.165) is 31.9 Å². The van der Waals surface area contributed by atoms with Gasteiger partial charge in [-0.1, -0.05) is 37.3 Å². The third kappa shape index (κ3) is 3.56. The lowest BCUT2D eigenvalue weighted by molar-refractivity contribution is -0.0644. The van der Waals surface area contributed by atoms with E-state index in [1.54, 1.807) is 0 Å². The Labute approximate surface area is 116 Å². The number of hydrogen-bond donors (Lipinski definition) is 1. The first-order valence-corrected chi connectivity index (χ1v) is 7.06. The molecule has 2 rings (SSSR count). The van der Waals surface area contributed by atoms with E-state index in [-0.39, 0.29) is 11.5 Å². The van der Waals surface area contributed by atoms with Gasteiger partial charge in [0, 0.05) is 18.6 Å². The molecule has 1 fully saturated rings. The van der Waals surface area contributed by atoms with E-state index in [4.69, 9.17) is 4.74 Å². The summed E-state index contributed by atoms with van der Waals surface area (Å²) in [7, 11) is 0. The molecule has 0 radical (unpaired) electrons. The number of nitrogens with zero attached hydrogens (tertiary/aromatic N) is 1. The fraction of sp³-hybridized carbons (Fsp3) is 0.625. The molecule has 3 heteroatoms. The molecule has 0 saturated carbocycles. The molecule has 106 valence electrons. The van der Waals surface area contributed by atoms with Crippen LogP contribution in [-0.4, -0.2) is 41.8 Å². The van der Waals surface area contributed by atoms with Crippen LogP contribution in [0.4, 0.5) is 0 Å². The van der Waals surface area contributed by atoms with Crippen molar-refractivity contribution in [3.05, 3.63) is 35.9 Å². The maximum atomic E-state index is 10.4. The summed E-state index contributed by atoms with van der Waals surface area (Å²) in [5, 5.41) is 10.4. The van der Waals surface area contributed by atoms with Crippen LogP contribution in [0.5, 0.6) is 0 Å². The zero-order valence-electron chi connectivity index (χ0n) is 12.2. The molecular formula is C16H25NO2. The standard InChI is InChI=1S/C16H25NO2/c1-13(15(18)14-7-5-4-6-8-14)11-17-9-10-19-12-16(17,2)3/h4-8,13,15,18H,9-12H2,1-3H3. The molecule has 1 aromatic rings. The maximum absolute atomic E-state index is 10.4. The minimum Gasteiger partial charge on any atom is -0.388 e. The summed E-state index contributed by atoms with van der Waals surface area (Å²) in [6.45, 7) is 9.91. The van der Waals surface area contributed by atoms with Gasteiger partial charge in [0.15, 0.2) is 0 Å². The number of benzene rings is 1. The first-order chi connectivity index (χ1) is 9.00. The topological polar surface area (TPSA) is 32.7 Å². The van der Waals surface area contributed by atoms with Gasteiger partial charge in [0.1, 0.15) is 0 Å². The summed E-state index contributed by atoms with van der Waals surface area (Å²) in [5.74, 6) is 0.208. The Balaban J connectivity index is 1.98. The molecule has 1 N–H and O–H groups in total. The Kier molecular flexibility index (Phi) is 4.61. The lowest BCUT2D eigenvalue weighted by Gasteiger charge is -2.43. The Bertz CT molecular complexity index is 391. The number of aliphatic hydroxyl groups excluding tert-OH is 1. The van der Waals surface area contributed by atoms with Crippen LogP contribution in [0.1, 0.15) is 32.4 Å². The first-order valence-electron chi connectivity index (χ1n) is 7.06. The summed E-state index contributed by atoms with van der Waals surface area (Å²) in [6.07, 6.45) is -0.403. The summed E-state index contributed by atoms with van der Waals surface area (Å²) < 4.78 is 5.54. The molecule has 0 spiro atoms. The third-order valence-electron chi connectivity index (χ3n) is 4.01. The number of ether oxygens (including phenoxy) is 1. The van der Waals surface area contributed by atoms with Crippen molar-refractivity contribution in [1.29, 1.82) is 0 Å². The van der Waals surface area contributed by atoms with Crippen molar-refractivity contribution in [3.63, 3.8) is 0 Å². The van der Waals surface area contributed by atoms with Gasteiger partial charge in [-0.3, -0.25) is 4.90 Å². The van der Waals surface area contributed by atoms with Crippen molar-refractivity contribution < 1.29 is 9.84 Å². The van der Waals surface area contributed by atoms with Crippen LogP contribution in [0.2, 0.25) is 0 Å². The highest BCUT2D eigenvalue weighted by molar-refractivity contribution is 5.17. The van der Waals surface area contributed by atoms with Gasteiger partial charge in [-0.25, -0.2) is 0 Å². The number of hydrogen-bond acceptors (Lipinski definition) is 3. The second-order valence-corrected chi connectivity index (χ2v) is 6.14. The number of aliphatic hydroxyl groups is 1. The number of rotatable bonds is 4. The largest absolute Gasteiger partial charge is 0.388 e. The highest BCUT2D eigenvalue weighted by Gasteiger charge is 2.32. The average Bonchev–Trinajstić information content (AvgIpc) is 2.41. The molecule has 0 aromatic heterocycles. The van der Waals surface area contributed by atoms with Gasteiger partial charge < -0.3 is 9.84 Å². The fourth-order valence-corrected chi connectivity index (χ4v) is 2.66. The SMILES string of the molecule is CC(CN1CCOCC1(C)C)C(O)c1ccccc1. The molecule has 1 saturated heterocycles. The van der Waals surface area contributed by atoms with Gasteiger partial charge >= 0.3 is 0 Å². The van der Waals surface area contributed by atoms with E-state index >= 15 is 0 Å². The molecule has 0 amide bonds. The quantitative estimate of drug-likeness (QED) is 0.906. The minimum absolute atomic E-state index is 0.0585. The minimum atomic E-state index is -0.403. The smallest absolute Gasteiger partial charge is 0.0827 e. The van der Waals surface area contributed by atoms with Crippen LogP contribution in [0.15, 0.2) is 30.3 Å². The Morgan fingerprint density at radius 3 is 2.63 bits per heavy atom. The highest BCUT2D eigenvalue weighted by atomic mass is 16.5. The van der Waals surface area contributed by atoms with Crippen LogP contribution in [0, 0.1) is 5.92 Å².